The van der Waals surface area contributed by atoms with Gasteiger partial charge in [0.1, 0.15) is 0 Å². The molecule has 1 aliphatic heterocycles. The molecule has 0 N–H and O–H groups in total. The van der Waals surface area contributed by atoms with Crippen molar-refractivity contribution in [2.45, 2.75) is 24.9 Å². The summed E-state index contributed by atoms with van der Waals surface area (Å²) in [7, 11) is 1.31. The molecule has 4 aromatic rings. The average molecular weight is 557 g/mol. The number of rotatable bonds is 0. The summed E-state index contributed by atoms with van der Waals surface area (Å²) in [5, 5.41) is 5.32. The third kappa shape index (κ3) is 12.2. The van der Waals surface area contributed by atoms with E-state index in [1.807, 2.05) is 0 Å². The van der Waals surface area contributed by atoms with Crippen molar-refractivity contribution in [3.63, 3.8) is 0 Å². The Morgan fingerprint density at radius 3 is 1.24 bits per heavy atom. The van der Waals surface area contributed by atoms with Crippen LogP contribution in [0.4, 0.5) is 0 Å². The van der Waals surface area contributed by atoms with Gasteiger partial charge in [0.2, 0.25) is 0 Å². The third-order valence-corrected chi connectivity index (χ3v) is 5.47. The SMILES string of the molecule is C1CC[Si]C1.[CH3-].[CH3-].[CH3-].[CH3-].[Zr+3].[Zr+3].c1ccc2[cH-]ccc2c1.c1ccc2[cH-]ccc2c1. The zero-order valence-electron chi connectivity index (χ0n) is 18.4. The monoisotopic (exact) mass is 554 g/mol. The molecule has 29 heavy (non-hydrogen) atoms. The van der Waals surface area contributed by atoms with Gasteiger partial charge in [-0.2, -0.15) is 35.0 Å². The average Bonchev–Trinajstić information content (AvgIpc) is 3.37. The molecular formula is C26H34SiZr2. The first-order valence-electron chi connectivity index (χ1n) is 8.35. The van der Waals surface area contributed by atoms with Crippen LogP contribution in [-0.4, -0.2) is 9.52 Å². The van der Waals surface area contributed by atoms with Gasteiger partial charge in [0.25, 0.3) is 0 Å². The molecule has 1 heterocycles. The van der Waals surface area contributed by atoms with Gasteiger partial charge in [0, 0.05) is 9.52 Å². The largest absolute Gasteiger partial charge is 3.00 e. The maximum atomic E-state index is 2.12. The Bertz CT molecular complexity index is 694. The number of hydrogen-bond acceptors (Lipinski definition) is 0. The van der Waals surface area contributed by atoms with Gasteiger partial charge in [0.15, 0.2) is 0 Å². The predicted octanol–water partition coefficient (Wildman–Crippen LogP) is 8.23. The predicted molar refractivity (Wildman–Crippen MR) is 129 cm³/mol. The summed E-state index contributed by atoms with van der Waals surface area (Å²) in [5.41, 5.74) is 0. The standard InChI is InChI=1S/2C9H7.C4H8Si.4CH3.2Zr/c2*1-2-5-9-7-3-6-8(9)4-1;1-2-4-5-3-1;;;;;;/h2*1-7H;1-4H2;4*1H3;;/q2*-1;;4*-1;2*+3. The Hall–Kier alpha value is -0.357. The van der Waals surface area contributed by atoms with Crippen molar-refractivity contribution in [2.24, 2.45) is 0 Å². The molecule has 0 unspecified atom stereocenters. The third-order valence-electron chi connectivity index (χ3n) is 4.05. The van der Waals surface area contributed by atoms with Crippen LogP contribution in [0.3, 0.4) is 0 Å². The van der Waals surface area contributed by atoms with E-state index >= 15 is 0 Å². The topological polar surface area (TPSA) is 0 Å². The molecule has 4 aromatic carbocycles. The fourth-order valence-corrected chi connectivity index (χ4v) is 4.01. The molecule has 150 valence electrons. The minimum atomic E-state index is 0. The fraction of sp³-hybridized carbons (Fsp3) is 0.154. The van der Waals surface area contributed by atoms with Crippen LogP contribution in [0, 0.1) is 29.7 Å². The smallest absolute Gasteiger partial charge is 0.358 e. The molecule has 1 aliphatic rings. The van der Waals surface area contributed by atoms with Crippen molar-refractivity contribution in [3.8, 4) is 0 Å². The van der Waals surface area contributed by atoms with Crippen molar-refractivity contribution < 1.29 is 52.4 Å². The first-order valence-corrected chi connectivity index (χ1v) is 9.76. The van der Waals surface area contributed by atoms with E-state index in [0.29, 0.717) is 0 Å². The summed E-state index contributed by atoms with van der Waals surface area (Å²) in [4.78, 5) is 0. The van der Waals surface area contributed by atoms with E-state index in [1.165, 1.54) is 56.0 Å². The van der Waals surface area contributed by atoms with Crippen molar-refractivity contribution >= 4 is 31.1 Å². The normalized spacial score (nSPS) is 10.5. The van der Waals surface area contributed by atoms with Crippen LogP contribution in [-0.2, 0) is 52.4 Å². The molecular weight excluding hydrogens is 523 g/mol. The molecule has 0 aromatic heterocycles. The van der Waals surface area contributed by atoms with Gasteiger partial charge >= 0.3 is 52.4 Å². The quantitative estimate of drug-likeness (QED) is 0.151. The first-order chi connectivity index (χ1) is 11.4. The molecule has 0 nitrogen and oxygen atoms in total. The Morgan fingerprint density at radius 1 is 0.552 bits per heavy atom. The molecule has 5 rings (SSSR count). The molecule has 3 heteroatoms. The molecule has 0 atom stereocenters. The van der Waals surface area contributed by atoms with E-state index in [9.17, 15) is 0 Å². The van der Waals surface area contributed by atoms with Crippen LogP contribution in [0.2, 0.25) is 12.1 Å². The van der Waals surface area contributed by atoms with Crippen molar-refractivity contribution in [1.29, 1.82) is 0 Å². The van der Waals surface area contributed by atoms with Crippen LogP contribution < -0.4 is 0 Å². The van der Waals surface area contributed by atoms with Gasteiger partial charge in [-0.15, -0.1) is 59.3 Å². The second kappa shape index (κ2) is 20.9. The molecule has 1 saturated heterocycles. The Labute approximate surface area is 221 Å². The molecule has 0 amide bonds. The van der Waals surface area contributed by atoms with E-state index in [-0.39, 0.29) is 82.1 Å². The molecule has 0 bridgehead atoms. The maximum Gasteiger partial charge on any atom is 3.00 e. The summed E-state index contributed by atoms with van der Waals surface area (Å²) >= 11 is 0. The van der Waals surface area contributed by atoms with E-state index in [2.05, 4.69) is 84.9 Å². The van der Waals surface area contributed by atoms with Gasteiger partial charge in [-0.05, 0) is 0 Å². The molecule has 0 aliphatic carbocycles. The molecule has 1 fully saturated rings. The van der Waals surface area contributed by atoms with Crippen molar-refractivity contribution in [1.82, 2.24) is 0 Å². The number of fused-ring (bicyclic) bond motifs is 2. The van der Waals surface area contributed by atoms with Crippen LogP contribution >= 0.6 is 0 Å². The van der Waals surface area contributed by atoms with Crippen LogP contribution in [0.25, 0.3) is 21.5 Å². The summed E-state index contributed by atoms with van der Waals surface area (Å²) < 4.78 is 0. The van der Waals surface area contributed by atoms with Crippen molar-refractivity contribution in [2.75, 3.05) is 0 Å². The van der Waals surface area contributed by atoms with Gasteiger partial charge in [-0.25, -0.2) is 0 Å². The first kappa shape index (κ1) is 36.0. The summed E-state index contributed by atoms with van der Waals surface area (Å²) in [6.07, 6.45) is 3.02. The summed E-state index contributed by atoms with van der Waals surface area (Å²) in [5.74, 6) is 0. The Morgan fingerprint density at radius 2 is 0.931 bits per heavy atom. The summed E-state index contributed by atoms with van der Waals surface area (Å²) in [6, 6.07) is 32.4. The van der Waals surface area contributed by atoms with Crippen LogP contribution in [0.1, 0.15) is 12.8 Å². The molecule has 4 radical (unpaired) electrons. The van der Waals surface area contributed by atoms with E-state index in [0.717, 1.165) is 0 Å². The Balaban J connectivity index is -0.000000151. The van der Waals surface area contributed by atoms with Crippen LogP contribution in [0.5, 0.6) is 0 Å². The molecule has 0 saturated carbocycles. The van der Waals surface area contributed by atoms with Gasteiger partial charge in [-0.3, -0.25) is 0 Å². The summed E-state index contributed by atoms with van der Waals surface area (Å²) in [6.45, 7) is 0. The Kier molecular flexibility index (Phi) is 26.0. The number of benzene rings is 2. The van der Waals surface area contributed by atoms with Gasteiger partial charge < -0.3 is 29.7 Å². The fourth-order valence-electron chi connectivity index (χ4n) is 2.76. The second-order valence-electron chi connectivity index (χ2n) is 5.77. The van der Waals surface area contributed by atoms with E-state index in [1.54, 1.807) is 0 Å². The second-order valence-corrected chi connectivity index (χ2v) is 7.27. The maximum absolute atomic E-state index is 2.12. The van der Waals surface area contributed by atoms with Crippen molar-refractivity contribution in [3.05, 3.63) is 115 Å². The minimum Gasteiger partial charge on any atom is -0.358 e. The molecule has 0 spiro atoms. The van der Waals surface area contributed by atoms with Crippen LogP contribution in [0.15, 0.2) is 84.9 Å². The van der Waals surface area contributed by atoms with E-state index < -0.39 is 0 Å². The van der Waals surface area contributed by atoms with Gasteiger partial charge in [-0.1, -0.05) is 37.1 Å². The zero-order chi connectivity index (χ0) is 15.7. The van der Waals surface area contributed by atoms with Gasteiger partial charge in [0.05, 0.1) is 0 Å². The minimum absolute atomic E-state index is 0. The number of hydrogen-bond donors (Lipinski definition) is 0. The van der Waals surface area contributed by atoms with E-state index in [4.69, 9.17) is 0 Å². The zero-order valence-corrected chi connectivity index (χ0v) is 24.3.